The van der Waals surface area contributed by atoms with Crippen LogP contribution in [-0.2, 0) is 10.2 Å². The third-order valence-corrected chi connectivity index (χ3v) is 3.46. The van der Waals surface area contributed by atoms with E-state index >= 15 is 0 Å². The lowest BCUT2D eigenvalue weighted by atomic mass is 9.86. The Kier molecular flexibility index (Phi) is 6.90. The highest BCUT2D eigenvalue weighted by atomic mass is 16.2. The number of benzene rings is 1. The number of amides is 1. The first kappa shape index (κ1) is 17.7. The molecule has 0 saturated carbocycles. The molecule has 1 amide bonds. The van der Waals surface area contributed by atoms with Crippen LogP contribution in [0.2, 0.25) is 0 Å². The minimum atomic E-state index is 0.0242. The van der Waals surface area contributed by atoms with Crippen molar-refractivity contribution in [3.8, 4) is 0 Å². The van der Waals surface area contributed by atoms with Gasteiger partial charge in [0, 0.05) is 5.69 Å². The summed E-state index contributed by atoms with van der Waals surface area (Å²) in [6.45, 7) is 13.2. The molecule has 21 heavy (non-hydrogen) atoms. The molecule has 0 bridgehead atoms. The van der Waals surface area contributed by atoms with E-state index in [0.29, 0.717) is 6.54 Å². The fourth-order valence-corrected chi connectivity index (χ4v) is 2.54. The monoisotopic (exact) mass is 290 g/mol. The van der Waals surface area contributed by atoms with E-state index in [-0.39, 0.29) is 11.3 Å². The fraction of sp³-hybridized carbons (Fsp3) is 0.611. The molecule has 0 saturated heterocycles. The van der Waals surface area contributed by atoms with Gasteiger partial charge in [-0.25, -0.2) is 0 Å². The summed E-state index contributed by atoms with van der Waals surface area (Å²) in [6, 6.07) is 8.07. The fourth-order valence-electron chi connectivity index (χ4n) is 2.54. The summed E-state index contributed by atoms with van der Waals surface area (Å²) in [5, 5.41) is 3.08. The summed E-state index contributed by atoms with van der Waals surface area (Å²) >= 11 is 0. The Labute approximate surface area is 129 Å². The van der Waals surface area contributed by atoms with Crippen LogP contribution in [0.1, 0.15) is 53.0 Å². The van der Waals surface area contributed by atoms with Gasteiger partial charge in [0.05, 0.1) is 6.54 Å². The predicted octanol–water partition coefficient (Wildman–Crippen LogP) is 4.04. The van der Waals surface area contributed by atoms with Gasteiger partial charge in [0.15, 0.2) is 0 Å². The maximum Gasteiger partial charge on any atom is 0.238 e. The van der Waals surface area contributed by atoms with E-state index in [1.54, 1.807) is 0 Å². The summed E-state index contributed by atoms with van der Waals surface area (Å²) in [5.74, 6) is 0.0774. The second-order valence-corrected chi connectivity index (χ2v) is 6.62. The molecule has 0 spiro atoms. The Morgan fingerprint density at radius 3 is 2.19 bits per heavy atom. The standard InChI is InChI=1S/C18H30N2O/c1-6-12-20(13-7-2)14-17(21)19-16-11-9-8-10-15(16)18(3,4)5/h8-11H,6-7,12-14H2,1-5H3,(H,19,21). The Bertz CT molecular complexity index is 443. The molecule has 0 aliphatic carbocycles. The molecule has 0 unspecified atom stereocenters. The minimum absolute atomic E-state index is 0.0242. The van der Waals surface area contributed by atoms with Gasteiger partial charge >= 0.3 is 0 Å². The topological polar surface area (TPSA) is 32.3 Å². The molecule has 3 heteroatoms. The van der Waals surface area contributed by atoms with Crippen LogP contribution in [0.15, 0.2) is 24.3 Å². The number of hydrogen-bond donors (Lipinski definition) is 1. The summed E-state index contributed by atoms with van der Waals surface area (Å²) in [7, 11) is 0. The zero-order chi connectivity index (χ0) is 15.9. The Balaban J connectivity index is 2.75. The Morgan fingerprint density at radius 1 is 1.10 bits per heavy atom. The maximum atomic E-state index is 12.3. The van der Waals surface area contributed by atoms with E-state index in [4.69, 9.17) is 0 Å². The van der Waals surface area contributed by atoms with Crippen molar-refractivity contribution < 1.29 is 4.79 Å². The largest absolute Gasteiger partial charge is 0.325 e. The van der Waals surface area contributed by atoms with Gasteiger partial charge in [-0.05, 0) is 43.0 Å². The molecule has 0 atom stereocenters. The second kappa shape index (κ2) is 8.18. The number of carbonyl (C=O) groups is 1. The third kappa shape index (κ3) is 5.88. The van der Waals surface area contributed by atoms with E-state index in [9.17, 15) is 4.79 Å². The van der Waals surface area contributed by atoms with Crippen LogP contribution in [0.4, 0.5) is 5.69 Å². The highest BCUT2D eigenvalue weighted by Gasteiger charge is 2.19. The Morgan fingerprint density at radius 2 is 1.67 bits per heavy atom. The van der Waals surface area contributed by atoms with Crippen molar-refractivity contribution in [1.82, 2.24) is 4.90 Å². The molecule has 1 aromatic rings. The van der Waals surface area contributed by atoms with Crippen molar-refractivity contribution in [3.05, 3.63) is 29.8 Å². The van der Waals surface area contributed by atoms with Gasteiger partial charge in [0.2, 0.25) is 5.91 Å². The van der Waals surface area contributed by atoms with Crippen LogP contribution in [0.5, 0.6) is 0 Å². The lowest BCUT2D eigenvalue weighted by molar-refractivity contribution is -0.117. The van der Waals surface area contributed by atoms with Crippen molar-refractivity contribution in [2.24, 2.45) is 0 Å². The zero-order valence-corrected chi connectivity index (χ0v) is 14.2. The molecular weight excluding hydrogens is 260 g/mol. The van der Waals surface area contributed by atoms with E-state index < -0.39 is 0 Å². The molecule has 0 aliphatic rings. The maximum absolute atomic E-state index is 12.3. The minimum Gasteiger partial charge on any atom is -0.325 e. The highest BCUT2D eigenvalue weighted by molar-refractivity contribution is 5.93. The molecule has 1 rings (SSSR count). The summed E-state index contributed by atoms with van der Waals surface area (Å²) in [6.07, 6.45) is 2.15. The normalized spacial score (nSPS) is 11.7. The predicted molar refractivity (Wildman–Crippen MR) is 90.8 cm³/mol. The first-order valence-corrected chi connectivity index (χ1v) is 8.00. The molecule has 0 fully saturated rings. The van der Waals surface area contributed by atoms with Crippen molar-refractivity contribution in [1.29, 1.82) is 0 Å². The molecule has 0 aromatic heterocycles. The van der Waals surface area contributed by atoms with Crippen LogP contribution < -0.4 is 5.32 Å². The number of nitrogens with zero attached hydrogens (tertiary/aromatic N) is 1. The van der Waals surface area contributed by atoms with Gasteiger partial charge in [-0.3, -0.25) is 9.69 Å². The summed E-state index contributed by atoms with van der Waals surface area (Å²) < 4.78 is 0. The van der Waals surface area contributed by atoms with Gasteiger partial charge in [-0.1, -0.05) is 52.8 Å². The van der Waals surface area contributed by atoms with Crippen molar-refractivity contribution >= 4 is 11.6 Å². The van der Waals surface area contributed by atoms with Crippen LogP contribution >= 0.6 is 0 Å². The number of rotatable bonds is 7. The summed E-state index contributed by atoms with van der Waals surface area (Å²) in [4.78, 5) is 14.5. The molecule has 0 aliphatic heterocycles. The van der Waals surface area contributed by atoms with Gasteiger partial charge in [-0.15, -0.1) is 0 Å². The first-order chi connectivity index (χ1) is 9.88. The molecule has 1 N–H and O–H groups in total. The number of carbonyl (C=O) groups excluding carboxylic acids is 1. The first-order valence-electron chi connectivity index (χ1n) is 8.00. The number of anilines is 1. The average molecular weight is 290 g/mol. The molecule has 3 nitrogen and oxygen atoms in total. The quantitative estimate of drug-likeness (QED) is 0.822. The van der Waals surface area contributed by atoms with Gasteiger partial charge < -0.3 is 5.32 Å². The number of hydrogen-bond acceptors (Lipinski definition) is 2. The van der Waals surface area contributed by atoms with E-state index in [1.165, 1.54) is 5.56 Å². The molecular formula is C18H30N2O. The molecule has 0 heterocycles. The smallest absolute Gasteiger partial charge is 0.238 e. The van der Waals surface area contributed by atoms with E-state index in [0.717, 1.165) is 31.6 Å². The van der Waals surface area contributed by atoms with Gasteiger partial charge in [0.25, 0.3) is 0 Å². The van der Waals surface area contributed by atoms with E-state index in [1.807, 2.05) is 18.2 Å². The highest BCUT2D eigenvalue weighted by Crippen LogP contribution is 2.29. The molecule has 118 valence electrons. The van der Waals surface area contributed by atoms with Crippen molar-refractivity contribution in [2.75, 3.05) is 25.0 Å². The summed E-state index contributed by atoms with van der Waals surface area (Å²) in [5.41, 5.74) is 2.13. The van der Waals surface area contributed by atoms with Crippen LogP contribution in [0.3, 0.4) is 0 Å². The third-order valence-electron chi connectivity index (χ3n) is 3.46. The number of nitrogens with one attached hydrogen (secondary N) is 1. The lowest BCUT2D eigenvalue weighted by Gasteiger charge is -2.24. The number of para-hydroxylation sites is 1. The van der Waals surface area contributed by atoms with Crippen LogP contribution in [-0.4, -0.2) is 30.4 Å². The SMILES string of the molecule is CCCN(CCC)CC(=O)Nc1ccccc1C(C)(C)C. The van der Waals surface area contributed by atoms with Crippen molar-refractivity contribution in [3.63, 3.8) is 0 Å². The molecule has 1 aromatic carbocycles. The van der Waals surface area contributed by atoms with Crippen LogP contribution in [0.25, 0.3) is 0 Å². The Hall–Kier alpha value is -1.35. The second-order valence-electron chi connectivity index (χ2n) is 6.62. The van der Waals surface area contributed by atoms with Gasteiger partial charge in [-0.2, -0.15) is 0 Å². The van der Waals surface area contributed by atoms with E-state index in [2.05, 4.69) is 50.9 Å². The zero-order valence-electron chi connectivity index (χ0n) is 14.2. The van der Waals surface area contributed by atoms with Gasteiger partial charge in [0.1, 0.15) is 0 Å². The van der Waals surface area contributed by atoms with Crippen LogP contribution in [0, 0.1) is 0 Å². The van der Waals surface area contributed by atoms with Crippen molar-refractivity contribution in [2.45, 2.75) is 52.9 Å². The average Bonchev–Trinajstić information content (AvgIpc) is 2.38. The molecule has 0 radical (unpaired) electrons. The lowest BCUT2D eigenvalue weighted by Crippen LogP contribution is -2.34.